The topological polar surface area (TPSA) is 47.7 Å². The van der Waals surface area contributed by atoms with Crippen molar-refractivity contribution in [2.45, 2.75) is 38.3 Å². The summed E-state index contributed by atoms with van der Waals surface area (Å²) < 4.78 is 3.99. The average Bonchev–Trinajstić information content (AvgIpc) is 3.07. The summed E-state index contributed by atoms with van der Waals surface area (Å²) in [5.74, 6) is 0. The Bertz CT molecular complexity index is 507. The number of hydrogen-bond donors (Lipinski definition) is 1. The van der Waals surface area contributed by atoms with E-state index in [4.69, 9.17) is 0 Å². The second-order valence-corrected chi connectivity index (χ2v) is 4.96. The molecule has 1 aliphatic rings. The third-order valence-electron chi connectivity index (χ3n) is 3.60. The van der Waals surface area contributed by atoms with E-state index in [2.05, 4.69) is 26.3 Å². The molecule has 1 saturated carbocycles. The Morgan fingerprint density at radius 2 is 2.17 bits per heavy atom. The maximum absolute atomic E-state index is 4.47. The van der Waals surface area contributed by atoms with Gasteiger partial charge in [-0.3, -0.25) is 9.36 Å². The van der Waals surface area contributed by atoms with Crippen LogP contribution in [0.5, 0.6) is 0 Å². The molecule has 0 aliphatic heterocycles. The fourth-order valence-corrected chi connectivity index (χ4v) is 2.66. The number of nitrogens with zero attached hydrogens (tertiary/aromatic N) is 4. The Balaban J connectivity index is 1.67. The maximum atomic E-state index is 4.47. The number of nitrogens with one attached hydrogen (secondary N) is 1. The summed E-state index contributed by atoms with van der Waals surface area (Å²) in [6, 6.07) is 2.70. The molecule has 2 heterocycles. The quantitative estimate of drug-likeness (QED) is 0.899. The molecule has 2 aromatic heterocycles. The van der Waals surface area contributed by atoms with Gasteiger partial charge in [0.1, 0.15) is 0 Å². The zero-order chi connectivity index (χ0) is 12.4. The third kappa shape index (κ3) is 2.25. The van der Waals surface area contributed by atoms with Gasteiger partial charge in [-0.25, -0.2) is 0 Å². The molecule has 96 valence electrons. The van der Waals surface area contributed by atoms with E-state index in [-0.39, 0.29) is 0 Å². The lowest BCUT2D eigenvalue weighted by atomic mass is 10.2. The SMILES string of the molecule is Cn1cc(NCc2ccnn2C2CCCC2)cn1. The highest BCUT2D eigenvalue weighted by atomic mass is 15.3. The molecule has 5 nitrogen and oxygen atoms in total. The number of hydrogen-bond acceptors (Lipinski definition) is 3. The van der Waals surface area contributed by atoms with Crippen LogP contribution in [0.1, 0.15) is 37.4 Å². The van der Waals surface area contributed by atoms with E-state index in [0.717, 1.165) is 12.2 Å². The number of anilines is 1. The number of aromatic nitrogens is 4. The van der Waals surface area contributed by atoms with Gasteiger partial charge in [-0.15, -0.1) is 0 Å². The van der Waals surface area contributed by atoms with E-state index in [0.29, 0.717) is 6.04 Å². The number of aryl methyl sites for hydroxylation is 1. The smallest absolute Gasteiger partial charge is 0.0729 e. The second kappa shape index (κ2) is 4.84. The molecular weight excluding hydrogens is 226 g/mol. The predicted octanol–water partition coefficient (Wildman–Crippen LogP) is 2.34. The molecule has 3 rings (SSSR count). The molecule has 5 heteroatoms. The summed E-state index contributed by atoms with van der Waals surface area (Å²) in [5.41, 5.74) is 2.31. The highest BCUT2D eigenvalue weighted by Gasteiger charge is 2.19. The molecular formula is C13H19N5. The van der Waals surface area contributed by atoms with Crippen molar-refractivity contribution in [2.24, 2.45) is 7.05 Å². The van der Waals surface area contributed by atoms with Crippen molar-refractivity contribution in [1.29, 1.82) is 0 Å². The molecule has 0 bridgehead atoms. The first-order valence-corrected chi connectivity index (χ1v) is 6.58. The van der Waals surface area contributed by atoms with Crippen LogP contribution in [0.25, 0.3) is 0 Å². The van der Waals surface area contributed by atoms with Crippen LogP contribution in [0.3, 0.4) is 0 Å². The Morgan fingerprint density at radius 3 is 2.89 bits per heavy atom. The molecule has 1 aliphatic carbocycles. The Labute approximate surface area is 107 Å². The fraction of sp³-hybridized carbons (Fsp3) is 0.538. The lowest BCUT2D eigenvalue weighted by Gasteiger charge is -2.14. The molecule has 1 fully saturated rings. The van der Waals surface area contributed by atoms with E-state index in [9.17, 15) is 0 Å². The molecule has 0 saturated heterocycles. The lowest BCUT2D eigenvalue weighted by Crippen LogP contribution is -2.13. The molecule has 0 amide bonds. The zero-order valence-corrected chi connectivity index (χ0v) is 10.7. The van der Waals surface area contributed by atoms with Gasteiger partial charge in [0, 0.05) is 19.4 Å². The summed E-state index contributed by atoms with van der Waals surface area (Å²) >= 11 is 0. The van der Waals surface area contributed by atoms with Crippen molar-refractivity contribution in [3.63, 3.8) is 0 Å². The standard InChI is InChI=1S/C13H19N5/c1-17-10-11(8-16-17)14-9-13-6-7-15-18(13)12-4-2-3-5-12/h6-8,10,12,14H,2-5,9H2,1H3. The van der Waals surface area contributed by atoms with Crippen molar-refractivity contribution in [3.8, 4) is 0 Å². The highest BCUT2D eigenvalue weighted by molar-refractivity contribution is 5.38. The Hall–Kier alpha value is -1.78. The molecule has 1 N–H and O–H groups in total. The van der Waals surface area contributed by atoms with Gasteiger partial charge in [0.15, 0.2) is 0 Å². The van der Waals surface area contributed by atoms with Crippen molar-refractivity contribution >= 4 is 5.69 Å². The first-order valence-electron chi connectivity index (χ1n) is 6.58. The van der Waals surface area contributed by atoms with Gasteiger partial charge in [0.05, 0.1) is 30.2 Å². The Kier molecular flexibility index (Phi) is 3.04. The fourth-order valence-electron chi connectivity index (χ4n) is 2.66. The van der Waals surface area contributed by atoms with Crippen molar-refractivity contribution in [3.05, 3.63) is 30.4 Å². The van der Waals surface area contributed by atoms with Crippen LogP contribution in [0.15, 0.2) is 24.7 Å². The van der Waals surface area contributed by atoms with Gasteiger partial charge in [-0.05, 0) is 18.9 Å². The van der Waals surface area contributed by atoms with Gasteiger partial charge in [-0.2, -0.15) is 10.2 Å². The second-order valence-electron chi connectivity index (χ2n) is 4.96. The van der Waals surface area contributed by atoms with Gasteiger partial charge >= 0.3 is 0 Å². The van der Waals surface area contributed by atoms with Crippen molar-refractivity contribution in [2.75, 3.05) is 5.32 Å². The molecule has 0 atom stereocenters. The van der Waals surface area contributed by atoms with Crippen LogP contribution < -0.4 is 5.32 Å². The van der Waals surface area contributed by atoms with Crippen LogP contribution in [0, 0.1) is 0 Å². The van der Waals surface area contributed by atoms with Gasteiger partial charge in [0.2, 0.25) is 0 Å². The van der Waals surface area contributed by atoms with E-state index in [1.807, 2.05) is 25.6 Å². The molecule has 2 aromatic rings. The van der Waals surface area contributed by atoms with Crippen LogP contribution in [-0.2, 0) is 13.6 Å². The summed E-state index contributed by atoms with van der Waals surface area (Å²) in [6.07, 6.45) is 10.9. The lowest BCUT2D eigenvalue weighted by molar-refractivity contribution is 0.452. The van der Waals surface area contributed by atoms with E-state index in [1.165, 1.54) is 31.4 Å². The van der Waals surface area contributed by atoms with Crippen molar-refractivity contribution in [1.82, 2.24) is 19.6 Å². The predicted molar refractivity (Wildman–Crippen MR) is 70.3 cm³/mol. The summed E-state index contributed by atoms with van der Waals surface area (Å²) in [6.45, 7) is 0.808. The largest absolute Gasteiger partial charge is 0.377 e. The van der Waals surface area contributed by atoms with E-state index >= 15 is 0 Å². The van der Waals surface area contributed by atoms with Gasteiger partial charge in [0.25, 0.3) is 0 Å². The average molecular weight is 245 g/mol. The molecule has 18 heavy (non-hydrogen) atoms. The molecule has 0 spiro atoms. The van der Waals surface area contributed by atoms with Crippen LogP contribution in [0.4, 0.5) is 5.69 Å². The van der Waals surface area contributed by atoms with Crippen LogP contribution in [0.2, 0.25) is 0 Å². The van der Waals surface area contributed by atoms with Gasteiger partial charge < -0.3 is 5.32 Å². The first-order chi connectivity index (χ1) is 8.83. The minimum atomic E-state index is 0.602. The van der Waals surface area contributed by atoms with Gasteiger partial charge in [-0.1, -0.05) is 12.8 Å². The molecule has 0 radical (unpaired) electrons. The summed E-state index contributed by atoms with van der Waals surface area (Å²) in [4.78, 5) is 0. The van der Waals surface area contributed by atoms with Crippen LogP contribution in [-0.4, -0.2) is 19.6 Å². The monoisotopic (exact) mass is 245 g/mol. The zero-order valence-electron chi connectivity index (χ0n) is 10.7. The summed E-state index contributed by atoms with van der Waals surface area (Å²) in [5, 5.41) is 12.0. The highest BCUT2D eigenvalue weighted by Crippen LogP contribution is 2.29. The van der Waals surface area contributed by atoms with Crippen LogP contribution >= 0.6 is 0 Å². The maximum Gasteiger partial charge on any atom is 0.0729 e. The van der Waals surface area contributed by atoms with E-state index < -0.39 is 0 Å². The molecule has 0 unspecified atom stereocenters. The minimum absolute atomic E-state index is 0.602. The molecule has 0 aromatic carbocycles. The number of rotatable bonds is 4. The summed E-state index contributed by atoms with van der Waals surface area (Å²) in [7, 11) is 1.92. The van der Waals surface area contributed by atoms with Crippen molar-refractivity contribution < 1.29 is 0 Å². The van der Waals surface area contributed by atoms with E-state index in [1.54, 1.807) is 4.68 Å². The first kappa shape index (κ1) is 11.3. The minimum Gasteiger partial charge on any atom is -0.377 e. The Morgan fingerprint density at radius 1 is 1.33 bits per heavy atom. The third-order valence-corrected chi connectivity index (χ3v) is 3.60. The normalized spacial score (nSPS) is 16.3.